The van der Waals surface area contributed by atoms with Crippen molar-refractivity contribution in [1.82, 2.24) is 9.97 Å². The summed E-state index contributed by atoms with van der Waals surface area (Å²) in [5.41, 5.74) is 10.5. The van der Waals surface area contributed by atoms with Gasteiger partial charge in [-0.15, -0.1) is 11.3 Å². The Morgan fingerprint density at radius 1 is 0.356 bits per heavy atom. The van der Waals surface area contributed by atoms with Gasteiger partial charge in [-0.05, 0) is 57.3 Å². The van der Waals surface area contributed by atoms with Crippen LogP contribution in [0.2, 0.25) is 0 Å². The molecule has 0 spiro atoms. The summed E-state index contributed by atoms with van der Waals surface area (Å²) in [6, 6.07) is 55.9. The molecular formula is C42H26N2S. The number of thiophene rings is 1. The normalized spacial score (nSPS) is 11.6. The average molecular weight is 591 g/mol. The number of nitrogens with zero attached hydrogens (tertiary/aromatic N) is 2. The zero-order valence-electron chi connectivity index (χ0n) is 24.3. The molecule has 0 bridgehead atoms. The highest BCUT2D eigenvalue weighted by Gasteiger charge is 2.17. The first kappa shape index (κ1) is 25.8. The topological polar surface area (TPSA) is 25.8 Å². The van der Waals surface area contributed by atoms with Crippen LogP contribution in [0.15, 0.2) is 158 Å². The molecule has 2 heterocycles. The third-order valence-electron chi connectivity index (χ3n) is 8.69. The van der Waals surface area contributed by atoms with Gasteiger partial charge < -0.3 is 0 Å². The quantitative estimate of drug-likeness (QED) is 0.204. The summed E-state index contributed by atoms with van der Waals surface area (Å²) in [6.07, 6.45) is 0. The van der Waals surface area contributed by atoms with Gasteiger partial charge in [0.1, 0.15) is 0 Å². The van der Waals surface area contributed by atoms with Crippen molar-refractivity contribution in [1.29, 1.82) is 0 Å². The average Bonchev–Trinajstić information content (AvgIpc) is 3.50. The van der Waals surface area contributed by atoms with Gasteiger partial charge in [0.15, 0.2) is 0 Å². The van der Waals surface area contributed by atoms with Crippen LogP contribution in [0.4, 0.5) is 0 Å². The number of benzene rings is 7. The lowest BCUT2D eigenvalue weighted by Crippen LogP contribution is -1.96. The summed E-state index contributed by atoms with van der Waals surface area (Å²) in [6.45, 7) is 0. The van der Waals surface area contributed by atoms with Gasteiger partial charge in [-0.2, -0.15) is 0 Å². The van der Waals surface area contributed by atoms with Crippen LogP contribution in [0.3, 0.4) is 0 Å². The Balaban J connectivity index is 1.24. The summed E-state index contributed by atoms with van der Waals surface area (Å²) < 4.78 is 2.64. The van der Waals surface area contributed by atoms with Crippen LogP contribution in [0.5, 0.6) is 0 Å². The molecular weight excluding hydrogens is 565 g/mol. The molecule has 3 heteroatoms. The molecule has 7 aromatic carbocycles. The third kappa shape index (κ3) is 4.32. The molecule has 0 aliphatic rings. The first-order valence-corrected chi connectivity index (χ1v) is 16.0. The Bertz CT molecular complexity index is 2530. The van der Waals surface area contributed by atoms with Crippen molar-refractivity contribution >= 4 is 53.3 Å². The van der Waals surface area contributed by atoms with Gasteiger partial charge in [-0.1, -0.05) is 133 Å². The number of hydrogen-bond acceptors (Lipinski definition) is 3. The number of aromatic nitrogens is 2. The predicted octanol–water partition coefficient (Wildman–Crippen LogP) is 11.8. The van der Waals surface area contributed by atoms with E-state index < -0.39 is 0 Å². The van der Waals surface area contributed by atoms with Gasteiger partial charge >= 0.3 is 0 Å². The molecule has 9 aromatic rings. The molecule has 9 rings (SSSR count). The molecule has 0 saturated carbocycles. The molecule has 0 atom stereocenters. The minimum Gasteiger partial charge on any atom is -0.244 e. The van der Waals surface area contributed by atoms with Gasteiger partial charge in [0, 0.05) is 31.3 Å². The van der Waals surface area contributed by atoms with E-state index in [1.165, 1.54) is 47.6 Å². The Morgan fingerprint density at radius 3 is 1.67 bits per heavy atom. The second-order valence-corrected chi connectivity index (χ2v) is 12.4. The second kappa shape index (κ2) is 10.5. The SMILES string of the molecule is c1ccc(-c2nc3ccc(-c4ccc(-c5cccc6sc7ccccc7c56)c5ccccc45)cc3nc2-c2ccccc2)cc1. The first-order valence-electron chi connectivity index (χ1n) is 15.2. The molecule has 210 valence electrons. The summed E-state index contributed by atoms with van der Waals surface area (Å²) in [5.74, 6) is 0. The highest BCUT2D eigenvalue weighted by Crippen LogP contribution is 2.43. The van der Waals surface area contributed by atoms with Gasteiger partial charge in [-0.3, -0.25) is 0 Å². The van der Waals surface area contributed by atoms with Crippen LogP contribution < -0.4 is 0 Å². The Labute approximate surface area is 264 Å². The van der Waals surface area contributed by atoms with Crippen LogP contribution in [-0.4, -0.2) is 9.97 Å². The third-order valence-corrected chi connectivity index (χ3v) is 9.82. The van der Waals surface area contributed by atoms with Crippen molar-refractivity contribution in [2.45, 2.75) is 0 Å². The maximum Gasteiger partial charge on any atom is 0.0973 e. The summed E-state index contributed by atoms with van der Waals surface area (Å²) in [7, 11) is 0. The second-order valence-electron chi connectivity index (χ2n) is 11.3. The molecule has 0 amide bonds. The maximum atomic E-state index is 5.25. The van der Waals surface area contributed by atoms with Gasteiger partial charge in [0.2, 0.25) is 0 Å². The van der Waals surface area contributed by atoms with Crippen LogP contribution in [0.25, 0.3) is 86.7 Å². The summed E-state index contributed by atoms with van der Waals surface area (Å²) in [5, 5.41) is 5.12. The van der Waals surface area contributed by atoms with E-state index in [9.17, 15) is 0 Å². The zero-order chi connectivity index (χ0) is 29.7. The van der Waals surface area contributed by atoms with Gasteiger partial charge in [-0.25, -0.2) is 9.97 Å². The number of hydrogen-bond donors (Lipinski definition) is 0. The van der Waals surface area contributed by atoms with Crippen LogP contribution in [-0.2, 0) is 0 Å². The van der Waals surface area contributed by atoms with E-state index in [0.717, 1.165) is 39.1 Å². The minimum absolute atomic E-state index is 0.883. The highest BCUT2D eigenvalue weighted by molar-refractivity contribution is 7.25. The van der Waals surface area contributed by atoms with E-state index in [0.29, 0.717) is 0 Å². The van der Waals surface area contributed by atoms with Crippen molar-refractivity contribution in [2.24, 2.45) is 0 Å². The standard InChI is InChI=1S/C42H26N2S/c1-3-12-27(13-4-1)41-42(28-14-5-2-6-15-28)44-37-26-29(22-25-36(37)43-41)30-23-24-33(32-17-8-7-16-31(30)32)34-19-11-21-39-40(34)35-18-9-10-20-38(35)45-39/h1-26H. The number of fused-ring (bicyclic) bond motifs is 5. The minimum atomic E-state index is 0.883. The monoisotopic (exact) mass is 590 g/mol. The summed E-state index contributed by atoms with van der Waals surface area (Å²) >= 11 is 1.86. The highest BCUT2D eigenvalue weighted by atomic mass is 32.1. The molecule has 0 aliphatic heterocycles. The Kier molecular flexibility index (Phi) is 6.03. The fraction of sp³-hybridized carbons (Fsp3) is 0. The van der Waals surface area contributed by atoms with E-state index in [2.05, 4.69) is 146 Å². The molecule has 0 radical (unpaired) electrons. The van der Waals surface area contributed by atoms with Crippen molar-refractivity contribution < 1.29 is 0 Å². The first-order chi connectivity index (χ1) is 22.3. The molecule has 0 fully saturated rings. The van der Waals surface area contributed by atoms with E-state index in [1.807, 2.05) is 23.5 Å². The molecule has 0 aliphatic carbocycles. The lowest BCUT2D eigenvalue weighted by atomic mass is 9.90. The largest absolute Gasteiger partial charge is 0.244 e. The maximum absolute atomic E-state index is 5.25. The van der Waals surface area contributed by atoms with Crippen molar-refractivity contribution in [3.05, 3.63) is 158 Å². The fourth-order valence-electron chi connectivity index (χ4n) is 6.60. The molecule has 2 aromatic heterocycles. The van der Waals surface area contributed by atoms with E-state index in [4.69, 9.17) is 9.97 Å². The predicted molar refractivity (Wildman–Crippen MR) is 192 cm³/mol. The Hall–Kier alpha value is -5.64. The van der Waals surface area contributed by atoms with Crippen LogP contribution in [0.1, 0.15) is 0 Å². The van der Waals surface area contributed by atoms with Crippen molar-refractivity contribution in [3.63, 3.8) is 0 Å². The molecule has 2 nitrogen and oxygen atoms in total. The van der Waals surface area contributed by atoms with Crippen molar-refractivity contribution in [2.75, 3.05) is 0 Å². The van der Waals surface area contributed by atoms with Crippen LogP contribution >= 0.6 is 11.3 Å². The summed E-state index contributed by atoms with van der Waals surface area (Å²) in [4.78, 5) is 10.4. The smallest absolute Gasteiger partial charge is 0.0973 e. The zero-order valence-corrected chi connectivity index (χ0v) is 25.1. The van der Waals surface area contributed by atoms with E-state index in [-0.39, 0.29) is 0 Å². The van der Waals surface area contributed by atoms with Crippen LogP contribution in [0, 0.1) is 0 Å². The molecule has 0 saturated heterocycles. The van der Waals surface area contributed by atoms with E-state index in [1.54, 1.807) is 0 Å². The molecule has 45 heavy (non-hydrogen) atoms. The fourth-order valence-corrected chi connectivity index (χ4v) is 7.73. The lowest BCUT2D eigenvalue weighted by Gasteiger charge is -2.14. The Morgan fingerprint density at radius 2 is 0.933 bits per heavy atom. The van der Waals surface area contributed by atoms with Crippen molar-refractivity contribution in [3.8, 4) is 44.8 Å². The lowest BCUT2D eigenvalue weighted by molar-refractivity contribution is 1.29. The molecule has 0 N–H and O–H groups in total. The molecule has 0 unspecified atom stereocenters. The van der Waals surface area contributed by atoms with Gasteiger partial charge in [0.05, 0.1) is 22.4 Å². The number of rotatable bonds is 4. The van der Waals surface area contributed by atoms with Gasteiger partial charge in [0.25, 0.3) is 0 Å². The van der Waals surface area contributed by atoms with E-state index >= 15 is 0 Å².